The van der Waals surface area contributed by atoms with Gasteiger partial charge in [-0.1, -0.05) is 26.2 Å². The lowest BCUT2D eigenvalue weighted by atomic mass is 9.79. The molecule has 1 saturated carbocycles. The highest BCUT2D eigenvalue weighted by molar-refractivity contribution is 6.17. The van der Waals surface area contributed by atoms with Crippen molar-refractivity contribution in [3.8, 4) is 0 Å². The lowest BCUT2D eigenvalue weighted by Gasteiger charge is -2.27. The molecular formula is C14H26ClNO. The van der Waals surface area contributed by atoms with Crippen LogP contribution >= 0.6 is 11.6 Å². The van der Waals surface area contributed by atoms with E-state index in [1.807, 2.05) is 0 Å². The molecule has 0 bridgehead atoms. The van der Waals surface area contributed by atoms with Gasteiger partial charge in [-0.2, -0.15) is 0 Å². The molecule has 0 aromatic heterocycles. The molecule has 1 N–H and O–H groups in total. The zero-order valence-corrected chi connectivity index (χ0v) is 11.8. The van der Waals surface area contributed by atoms with E-state index in [-0.39, 0.29) is 11.8 Å². The minimum Gasteiger partial charge on any atom is -0.356 e. The molecule has 0 unspecified atom stereocenters. The minimum absolute atomic E-state index is 0.254. The van der Waals surface area contributed by atoms with Crippen LogP contribution in [-0.4, -0.2) is 18.3 Å². The zero-order valence-electron chi connectivity index (χ0n) is 11.0. The van der Waals surface area contributed by atoms with Crippen molar-refractivity contribution in [2.45, 2.75) is 58.3 Å². The summed E-state index contributed by atoms with van der Waals surface area (Å²) in [5, 5.41) is 2.99. The molecule has 0 heterocycles. The molecule has 100 valence electrons. The largest absolute Gasteiger partial charge is 0.356 e. The van der Waals surface area contributed by atoms with Gasteiger partial charge in [0.25, 0.3) is 0 Å². The first-order valence-corrected chi connectivity index (χ1v) is 7.65. The number of halogens is 1. The van der Waals surface area contributed by atoms with E-state index in [9.17, 15) is 4.79 Å². The van der Waals surface area contributed by atoms with Crippen molar-refractivity contribution in [1.29, 1.82) is 0 Å². The SMILES string of the molecule is CCCCC1CCC(C(=O)NCCCCl)CC1. The Morgan fingerprint density at radius 3 is 2.53 bits per heavy atom. The number of carbonyl (C=O) groups excluding carboxylic acids is 1. The van der Waals surface area contributed by atoms with E-state index in [1.165, 1.54) is 32.1 Å². The topological polar surface area (TPSA) is 29.1 Å². The summed E-state index contributed by atoms with van der Waals surface area (Å²) in [6, 6.07) is 0. The standard InChI is InChI=1S/C14H26ClNO/c1-2-3-5-12-6-8-13(9-7-12)14(17)16-11-4-10-15/h12-13H,2-11H2,1H3,(H,16,17). The monoisotopic (exact) mass is 259 g/mol. The summed E-state index contributed by atoms with van der Waals surface area (Å²) in [6.45, 7) is 2.98. The second-order valence-electron chi connectivity index (χ2n) is 5.19. The van der Waals surface area contributed by atoms with Gasteiger partial charge in [-0.15, -0.1) is 11.6 Å². The molecule has 0 aromatic carbocycles. The Bertz CT molecular complexity index is 212. The number of hydrogen-bond acceptors (Lipinski definition) is 1. The van der Waals surface area contributed by atoms with Crippen LogP contribution in [0.2, 0.25) is 0 Å². The van der Waals surface area contributed by atoms with Gasteiger partial charge in [-0.25, -0.2) is 0 Å². The molecular weight excluding hydrogens is 234 g/mol. The number of carbonyl (C=O) groups is 1. The molecule has 1 aliphatic rings. The van der Waals surface area contributed by atoms with E-state index in [0.29, 0.717) is 5.88 Å². The quantitative estimate of drug-likeness (QED) is 0.548. The van der Waals surface area contributed by atoms with Crippen LogP contribution in [0, 0.1) is 11.8 Å². The maximum Gasteiger partial charge on any atom is 0.223 e. The van der Waals surface area contributed by atoms with E-state index in [2.05, 4.69) is 12.2 Å². The first-order chi connectivity index (χ1) is 8.27. The number of alkyl halides is 1. The molecule has 0 aromatic rings. The molecule has 17 heavy (non-hydrogen) atoms. The molecule has 1 aliphatic carbocycles. The first kappa shape index (κ1) is 14.8. The number of amides is 1. The summed E-state index contributed by atoms with van der Waals surface area (Å²) in [5.41, 5.74) is 0. The van der Waals surface area contributed by atoms with Crippen LogP contribution in [0.1, 0.15) is 58.3 Å². The Kier molecular flexibility index (Phi) is 7.67. The summed E-state index contributed by atoms with van der Waals surface area (Å²) in [6.07, 6.45) is 9.52. The fourth-order valence-electron chi connectivity index (χ4n) is 2.63. The Labute approximate surface area is 110 Å². The van der Waals surface area contributed by atoms with Crippen molar-refractivity contribution in [3.05, 3.63) is 0 Å². The average Bonchev–Trinajstić information content (AvgIpc) is 2.37. The van der Waals surface area contributed by atoms with E-state index in [4.69, 9.17) is 11.6 Å². The summed E-state index contributed by atoms with van der Waals surface area (Å²) < 4.78 is 0. The van der Waals surface area contributed by atoms with Gasteiger partial charge in [-0.05, 0) is 38.0 Å². The molecule has 1 amide bonds. The normalized spacial score (nSPS) is 24.6. The molecule has 3 heteroatoms. The van der Waals surface area contributed by atoms with Crippen molar-refractivity contribution in [1.82, 2.24) is 5.32 Å². The first-order valence-electron chi connectivity index (χ1n) is 7.11. The zero-order chi connectivity index (χ0) is 12.5. The Hall–Kier alpha value is -0.240. The highest BCUT2D eigenvalue weighted by Crippen LogP contribution is 2.31. The minimum atomic E-state index is 0.254. The van der Waals surface area contributed by atoms with Crippen molar-refractivity contribution >= 4 is 17.5 Å². The summed E-state index contributed by atoms with van der Waals surface area (Å²) in [4.78, 5) is 11.8. The summed E-state index contributed by atoms with van der Waals surface area (Å²) in [7, 11) is 0. The number of rotatable bonds is 7. The molecule has 0 atom stereocenters. The van der Waals surface area contributed by atoms with E-state index >= 15 is 0 Å². The number of unbranched alkanes of at least 4 members (excludes halogenated alkanes) is 1. The van der Waals surface area contributed by atoms with Crippen LogP contribution in [0.4, 0.5) is 0 Å². The number of nitrogens with one attached hydrogen (secondary N) is 1. The highest BCUT2D eigenvalue weighted by atomic mass is 35.5. The second-order valence-corrected chi connectivity index (χ2v) is 5.57. The van der Waals surface area contributed by atoms with Crippen molar-refractivity contribution < 1.29 is 4.79 Å². The summed E-state index contributed by atoms with van der Waals surface area (Å²) in [5.74, 6) is 2.03. The van der Waals surface area contributed by atoms with Crippen LogP contribution in [-0.2, 0) is 4.79 Å². The Balaban J connectivity index is 2.15. The predicted octanol–water partition coefficient (Wildman–Crippen LogP) is 3.73. The average molecular weight is 260 g/mol. The van der Waals surface area contributed by atoms with Crippen molar-refractivity contribution in [2.75, 3.05) is 12.4 Å². The van der Waals surface area contributed by atoms with Gasteiger partial charge in [0.1, 0.15) is 0 Å². The van der Waals surface area contributed by atoms with Crippen molar-refractivity contribution in [2.24, 2.45) is 11.8 Å². The predicted molar refractivity (Wildman–Crippen MR) is 73.3 cm³/mol. The van der Waals surface area contributed by atoms with Gasteiger partial charge in [0.2, 0.25) is 5.91 Å². The third kappa shape index (κ3) is 5.76. The van der Waals surface area contributed by atoms with Gasteiger partial charge in [0.15, 0.2) is 0 Å². The Morgan fingerprint density at radius 1 is 1.24 bits per heavy atom. The lowest BCUT2D eigenvalue weighted by Crippen LogP contribution is -2.33. The molecule has 2 nitrogen and oxygen atoms in total. The van der Waals surface area contributed by atoms with E-state index < -0.39 is 0 Å². The lowest BCUT2D eigenvalue weighted by molar-refractivity contribution is -0.126. The Morgan fingerprint density at radius 2 is 1.94 bits per heavy atom. The van der Waals surface area contributed by atoms with Crippen LogP contribution in [0.25, 0.3) is 0 Å². The van der Waals surface area contributed by atoms with Gasteiger partial charge in [0, 0.05) is 18.3 Å². The number of hydrogen-bond donors (Lipinski definition) is 1. The fourth-order valence-corrected chi connectivity index (χ4v) is 2.76. The second kappa shape index (κ2) is 8.79. The molecule has 1 rings (SSSR count). The maximum atomic E-state index is 11.8. The van der Waals surface area contributed by atoms with Gasteiger partial charge in [-0.3, -0.25) is 4.79 Å². The van der Waals surface area contributed by atoms with E-state index in [1.54, 1.807) is 0 Å². The van der Waals surface area contributed by atoms with Gasteiger partial charge < -0.3 is 5.32 Å². The van der Waals surface area contributed by atoms with Crippen LogP contribution < -0.4 is 5.32 Å². The molecule has 1 fully saturated rings. The van der Waals surface area contributed by atoms with Crippen LogP contribution in [0.15, 0.2) is 0 Å². The third-order valence-electron chi connectivity index (χ3n) is 3.79. The van der Waals surface area contributed by atoms with Crippen LogP contribution in [0.3, 0.4) is 0 Å². The third-order valence-corrected chi connectivity index (χ3v) is 4.06. The van der Waals surface area contributed by atoms with Crippen LogP contribution in [0.5, 0.6) is 0 Å². The molecule has 0 spiro atoms. The fraction of sp³-hybridized carbons (Fsp3) is 0.929. The smallest absolute Gasteiger partial charge is 0.223 e. The molecule has 0 saturated heterocycles. The molecule has 0 radical (unpaired) electrons. The maximum absolute atomic E-state index is 11.8. The van der Waals surface area contributed by atoms with Crippen molar-refractivity contribution in [3.63, 3.8) is 0 Å². The molecule has 0 aliphatic heterocycles. The van der Waals surface area contributed by atoms with E-state index in [0.717, 1.165) is 31.7 Å². The highest BCUT2D eigenvalue weighted by Gasteiger charge is 2.25. The summed E-state index contributed by atoms with van der Waals surface area (Å²) >= 11 is 5.59. The van der Waals surface area contributed by atoms with Gasteiger partial charge >= 0.3 is 0 Å². The van der Waals surface area contributed by atoms with Gasteiger partial charge in [0.05, 0.1) is 0 Å².